The number of nitrogens with zero attached hydrogens (tertiary/aromatic N) is 2. The van der Waals surface area contributed by atoms with E-state index in [0.29, 0.717) is 6.04 Å². The van der Waals surface area contributed by atoms with Crippen molar-refractivity contribution in [1.82, 2.24) is 9.97 Å². The Hall–Kier alpha value is -0.640. The van der Waals surface area contributed by atoms with Crippen LogP contribution in [0.15, 0.2) is 10.7 Å². The molecule has 3 nitrogen and oxygen atoms in total. The van der Waals surface area contributed by atoms with Gasteiger partial charge in [-0.2, -0.15) is 0 Å². The third-order valence-electron chi connectivity index (χ3n) is 3.85. The lowest BCUT2D eigenvalue weighted by Crippen LogP contribution is -2.25. The van der Waals surface area contributed by atoms with E-state index in [1.54, 1.807) is 0 Å². The van der Waals surface area contributed by atoms with Crippen molar-refractivity contribution in [3.63, 3.8) is 0 Å². The second kappa shape index (κ2) is 5.78. The van der Waals surface area contributed by atoms with Crippen molar-refractivity contribution in [3.05, 3.63) is 16.5 Å². The molecule has 1 aliphatic carbocycles. The van der Waals surface area contributed by atoms with Crippen LogP contribution in [0.2, 0.25) is 0 Å². The lowest BCUT2D eigenvalue weighted by atomic mass is 9.96. The number of halogens is 1. The van der Waals surface area contributed by atoms with Gasteiger partial charge in [0.25, 0.3) is 0 Å². The highest BCUT2D eigenvalue weighted by atomic mass is 79.9. The summed E-state index contributed by atoms with van der Waals surface area (Å²) >= 11 is 3.49. The standard InChI is InChI=1S/C15H24BrN3/c1-10(11-7-5-6-8-11)17-13-9-12(16)18-14(19-13)15(2,3)4/h9-11H,5-8H2,1-4H3,(H,17,18,19). The molecule has 1 aromatic heterocycles. The summed E-state index contributed by atoms with van der Waals surface area (Å²) in [4.78, 5) is 9.14. The smallest absolute Gasteiger partial charge is 0.137 e. The molecule has 106 valence electrons. The lowest BCUT2D eigenvalue weighted by molar-refractivity contribution is 0.479. The second-order valence-corrected chi connectivity index (χ2v) is 7.44. The summed E-state index contributed by atoms with van der Waals surface area (Å²) in [7, 11) is 0. The second-order valence-electron chi connectivity index (χ2n) is 6.63. The molecule has 1 unspecified atom stereocenters. The summed E-state index contributed by atoms with van der Waals surface area (Å²) in [6, 6.07) is 2.46. The minimum atomic E-state index is -0.0309. The Morgan fingerprint density at radius 3 is 2.47 bits per heavy atom. The molecule has 0 amide bonds. The van der Waals surface area contributed by atoms with E-state index >= 15 is 0 Å². The van der Waals surface area contributed by atoms with Gasteiger partial charge >= 0.3 is 0 Å². The van der Waals surface area contributed by atoms with Crippen LogP contribution in [0.25, 0.3) is 0 Å². The molecule has 0 saturated heterocycles. The number of hydrogen-bond acceptors (Lipinski definition) is 3. The first-order valence-electron chi connectivity index (χ1n) is 7.18. The summed E-state index contributed by atoms with van der Waals surface area (Å²) < 4.78 is 0.855. The van der Waals surface area contributed by atoms with E-state index in [1.165, 1.54) is 25.7 Å². The fourth-order valence-electron chi connectivity index (χ4n) is 2.64. The predicted molar refractivity (Wildman–Crippen MR) is 83.5 cm³/mol. The Balaban J connectivity index is 2.13. The summed E-state index contributed by atoms with van der Waals surface area (Å²) in [6.45, 7) is 8.68. The number of nitrogens with one attached hydrogen (secondary N) is 1. The van der Waals surface area contributed by atoms with Crippen molar-refractivity contribution in [2.24, 2.45) is 5.92 Å². The van der Waals surface area contributed by atoms with Gasteiger partial charge < -0.3 is 5.32 Å². The minimum absolute atomic E-state index is 0.0309. The summed E-state index contributed by atoms with van der Waals surface area (Å²) in [5.41, 5.74) is -0.0309. The van der Waals surface area contributed by atoms with E-state index in [4.69, 9.17) is 0 Å². The van der Waals surface area contributed by atoms with Gasteiger partial charge in [0.2, 0.25) is 0 Å². The maximum absolute atomic E-state index is 4.66. The Bertz CT molecular complexity index is 434. The molecule has 4 heteroatoms. The zero-order valence-electron chi connectivity index (χ0n) is 12.3. The molecule has 1 N–H and O–H groups in total. The molecule has 0 spiro atoms. The lowest BCUT2D eigenvalue weighted by Gasteiger charge is -2.23. The van der Waals surface area contributed by atoms with E-state index in [-0.39, 0.29) is 5.41 Å². The van der Waals surface area contributed by atoms with Crippen molar-refractivity contribution in [1.29, 1.82) is 0 Å². The van der Waals surface area contributed by atoms with Gasteiger partial charge in [0.15, 0.2) is 0 Å². The highest BCUT2D eigenvalue weighted by molar-refractivity contribution is 9.10. The zero-order chi connectivity index (χ0) is 14.0. The molecule has 1 aromatic rings. The molecule has 1 aliphatic rings. The number of rotatable bonds is 3. The maximum atomic E-state index is 4.66. The Morgan fingerprint density at radius 2 is 1.89 bits per heavy atom. The fourth-order valence-corrected chi connectivity index (χ4v) is 3.02. The van der Waals surface area contributed by atoms with Gasteiger partial charge in [-0.1, -0.05) is 33.6 Å². The van der Waals surface area contributed by atoms with Crippen molar-refractivity contribution >= 4 is 21.7 Å². The van der Waals surface area contributed by atoms with Crippen LogP contribution in [-0.4, -0.2) is 16.0 Å². The first-order chi connectivity index (χ1) is 8.86. The topological polar surface area (TPSA) is 37.8 Å². The van der Waals surface area contributed by atoms with E-state index in [1.807, 2.05) is 6.07 Å². The molecular weight excluding hydrogens is 302 g/mol. The van der Waals surface area contributed by atoms with Crippen molar-refractivity contribution < 1.29 is 0 Å². The predicted octanol–water partition coefficient (Wildman–Crippen LogP) is 4.53. The van der Waals surface area contributed by atoms with Crippen LogP contribution in [-0.2, 0) is 5.41 Å². The van der Waals surface area contributed by atoms with Crippen molar-refractivity contribution in [3.8, 4) is 0 Å². The first kappa shape index (κ1) is 14.8. The van der Waals surface area contributed by atoms with Crippen molar-refractivity contribution in [2.75, 3.05) is 5.32 Å². The number of aromatic nitrogens is 2. The van der Waals surface area contributed by atoms with Crippen LogP contribution in [0.5, 0.6) is 0 Å². The highest BCUT2D eigenvalue weighted by Gasteiger charge is 2.23. The molecule has 1 fully saturated rings. The Labute approximate surface area is 124 Å². The Morgan fingerprint density at radius 1 is 1.26 bits per heavy atom. The van der Waals surface area contributed by atoms with Gasteiger partial charge in [0.05, 0.1) is 0 Å². The number of anilines is 1. The Kier molecular flexibility index (Phi) is 4.49. The molecule has 1 heterocycles. The number of hydrogen-bond donors (Lipinski definition) is 1. The fraction of sp³-hybridized carbons (Fsp3) is 0.733. The molecule has 2 rings (SSSR count). The highest BCUT2D eigenvalue weighted by Crippen LogP contribution is 2.29. The first-order valence-corrected chi connectivity index (χ1v) is 7.97. The van der Waals surface area contributed by atoms with Gasteiger partial charge in [-0.05, 0) is 41.6 Å². The normalized spacial score (nSPS) is 18.6. The molecule has 1 saturated carbocycles. The molecule has 19 heavy (non-hydrogen) atoms. The van der Waals surface area contributed by atoms with Crippen LogP contribution in [0.3, 0.4) is 0 Å². The van der Waals surface area contributed by atoms with E-state index in [9.17, 15) is 0 Å². The largest absolute Gasteiger partial charge is 0.367 e. The summed E-state index contributed by atoms with van der Waals surface area (Å²) in [6.07, 6.45) is 5.42. The van der Waals surface area contributed by atoms with Crippen LogP contribution in [0, 0.1) is 5.92 Å². The van der Waals surface area contributed by atoms with Gasteiger partial charge in [0, 0.05) is 17.5 Å². The average molecular weight is 326 g/mol. The molecule has 0 aromatic carbocycles. The van der Waals surface area contributed by atoms with Gasteiger partial charge in [-0.15, -0.1) is 0 Å². The van der Waals surface area contributed by atoms with Gasteiger partial charge in [-0.25, -0.2) is 9.97 Å². The quantitative estimate of drug-likeness (QED) is 0.830. The summed E-state index contributed by atoms with van der Waals surface area (Å²) in [5.74, 6) is 2.60. The van der Waals surface area contributed by atoms with Crippen LogP contribution in [0.1, 0.15) is 59.2 Å². The maximum Gasteiger partial charge on any atom is 0.137 e. The third-order valence-corrected chi connectivity index (χ3v) is 4.25. The van der Waals surface area contributed by atoms with Gasteiger partial charge in [-0.3, -0.25) is 0 Å². The molecule has 0 aliphatic heterocycles. The minimum Gasteiger partial charge on any atom is -0.367 e. The van der Waals surface area contributed by atoms with E-state index in [0.717, 1.165) is 22.2 Å². The third kappa shape index (κ3) is 3.91. The molecule has 0 radical (unpaired) electrons. The molecular formula is C15H24BrN3. The van der Waals surface area contributed by atoms with E-state index in [2.05, 4.69) is 58.9 Å². The van der Waals surface area contributed by atoms with Crippen molar-refractivity contribution in [2.45, 2.75) is 64.8 Å². The molecule has 0 bridgehead atoms. The SMILES string of the molecule is CC(Nc1cc(Br)nc(C(C)(C)C)n1)C1CCCC1. The monoisotopic (exact) mass is 325 g/mol. The van der Waals surface area contributed by atoms with Crippen LogP contribution in [0.4, 0.5) is 5.82 Å². The van der Waals surface area contributed by atoms with Crippen LogP contribution >= 0.6 is 15.9 Å². The summed E-state index contributed by atoms with van der Waals surface area (Å²) in [5, 5.41) is 3.56. The van der Waals surface area contributed by atoms with E-state index < -0.39 is 0 Å². The van der Waals surface area contributed by atoms with Gasteiger partial charge in [0.1, 0.15) is 16.2 Å². The molecule has 1 atom stereocenters. The zero-order valence-corrected chi connectivity index (χ0v) is 13.9. The van der Waals surface area contributed by atoms with Crippen LogP contribution < -0.4 is 5.32 Å². The average Bonchev–Trinajstić information content (AvgIpc) is 2.80.